The largest absolute Gasteiger partial charge is 0.508 e. The predicted octanol–water partition coefficient (Wildman–Crippen LogP) is 4.45. The molecule has 7 rings (SSSR count). The second kappa shape index (κ2) is 11.6. The van der Waals surface area contributed by atoms with Gasteiger partial charge in [-0.25, -0.2) is 0 Å². The number of aryl methyl sites for hydroxylation is 1. The van der Waals surface area contributed by atoms with Crippen LogP contribution in [0.5, 0.6) is 5.75 Å². The van der Waals surface area contributed by atoms with Crippen molar-refractivity contribution in [3.8, 4) is 5.75 Å². The highest BCUT2D eigenvalue weighted by Gasteiger charge is 2.72. The minimum absolute atomic E-state index is 0.0420. The van der Waals surface area contributed by atoms with Crippen LogP contribution in [0.15, 0.2) is 29.8 Å². The summed E-state index contributed by atoms with van der Waals surface area (Å²) < 4.78 is 6.25. The molecule has 4 aliphatic carbocycles. The van der Waals surface area contributed by atoms with Gasteiger partial charge in [-0.1, -0.05) is 27.7 Å². The SMILES string of the molecule is CC(C)[C@@H](C)[C@@H]1O[C@H]1[C@](C)(O)[C@H]1CC[C@@]2(O)C3=CC(=O)[C@@H]4C[C@@H](O)[C@@H](O)C[C@]4(C)[C@H]3CC[C@]12CCc1cc(O)cc(N2CCCC2=O)c1. The predicted molar refractivity (Wildman–Crippen MR) is 180 cm³/mol. The summed E-state index contributed by atoms with van der Waals surface area (Å²) in [5, 5.41) is 57.8. The van der Waals surface area contributed by atoms with Gasteiger partial charge < -0.3 is 35.2 Å². The van der Waals surface area contributed by atoms with Gasteiger partial charge >= 0.3 is 0 Å². The zero-order valence-corrected chi connectivity index (χ0v) is 29.2. The number of aromatic hydroxyl groups is 1. The number of fused-ring (bicyclic) bond motifs is 5. The van der Waals surface area contributed by atoms with E-state index in [1.165, 1.54) is 0 Å². The third-order valence-electron chi connectivity index (χ3n) is 14.4. The number of hydrogen-bond donors (Lipinski definition) is 5. The molecule has 9 heteroatoms. The Balaban J connectivity index is 1.27. The number of benzene rings is 1. The number of anilines is 1. The Labute approximate surface area is 284 Å². The Morgan fingerprint density at radius 2 is 1.81 bits per heavy atom. The molecule has 0 bridgehead atoms. The van der Waals surface area contributed by atoms with Crippen molar-refractivity contribution in [2.75, 3.05) is 11.4 Å². The lowest BCUT2D eigenvalue weighted by molar-refractivity contribution is -0.168. The fourth-order valence-corrected chi connectivity index (χ4v) is 11.4. The first kappa shape index (κ1) is 34.2. The average molecular weight is 666 g/mol. The van der Waals surface area contributed by atoms with Crippen LogP contribution in [0.2, 0.25) is 0 Å². The van der Waals surface area contributed by atoms with E-state index >= 15 is 0 Å². The lowest BCUT2D eigenvalue weighted by atomic mass is 9.44. The van der Waals surface area contributed by atoms with E-state index in [1.54, 1.807) is 23.1 Å². The number of ketones is 1. The number of allylic oxidation sites excluding steroid dienone is 1. The highest BCUT2D eigenvalue weighted by molar-refractivity contribution is 5.96. The lowest BCUT2D eigenvalue weighted by Crippen LogP contribution is -2.63. The van der Waals surface area contributed by atoms with Crippen LogP contribution in [-0.4, -0.2) is 79.4 Å². The van der Waals surface area contributed by atoms with Crippen molar-refractivity contribution >= 4 is 17.4 Å². The smallest absolute Gasteiger partial charge is 0.227 e. The molecular weight excluding hydrogens is 610 g/mol. The Morgan fingerprint density at radius 3 is 2.50 bits per heavy atom. The summed E-state index contributed by atoms with van der Waals surface area (Å²) in [6.45, 7) is 11.0. The number of rotatable bonds is 8. The van der Waals surface area contributed by atoms with Gasteiger partial charge in [0, 0.05) is 36.1 Å². The fraction of sp³-hybridized carbons (Fsp3) is 0.744. The maximum Gasteiger partial charge on any atom is 0.227 e. The van der Waals surface area contributed by atoms with Crippen LogP contribution >= 0.6 is 0 Å². The Bertz CT molecular complexity index is 1500. The van der Waals surface area contributed by atoms with Crippen LogP contribution < -0.4 is 4.90 Å². The number of phenols is 1. The molecule has 6 aliphatic rings. The maximum atomic E-state index is 13.9. The van der Waals surface area contributed by atoms with Crippen LogP contribution in [0.25, 0.3) is 0 Å². The Kier molecular flexibility index (Phi) is 8.27. The third kappa shape index (κ3) is 5.04. The molecule has 12 atom stereocenters. The number of amides is 1. The second-order valence-corrected chi connectivity index (χ2v) is 17.2. The normalized spacial score (nSPS) is 42.6. The van der Waals surface area contributed by atoms with E-state index < -0.39 is 40.2 Å². The molecule has 9 nitrogen and oxygen atoms in total. The molecule has 0 aromatic heterocycles. The van der Waals surface area contributed by atoms with Gasteiger partial charge in [-0.3, -0.25) is 9.59 Å². The van der Waals surface area contributed by atoms with Crippen LogP contribution in [-0.2, 0) is 20.7 Å². The van der Waals surface area contributed by atoms with Crippen molar-refractivity contribution in [3.63, 3.8) is 0 Å². The van der Waals surface area contributed by atoms with E-state index in [9.17, 15) is 35.1 Å². The average Bonchev–Trinajstić information content (AvgIpc) is 3.62. The van der Waals surface area contributed by atoms with Gasteiger partial charge in [-0.15, -0.1) is 0 Å². The third-order valence-corrected chi connectivity index (χ3v) is 14.4. The number of nitrogens with zero attached hydrogens (tertiary/aromatic N) is 1. The van der Waals surface area contributed by atoms with Gasteiger partial charge in [0.15, 0.2) is 5.78 Å². The van der Waals surface area contributed by atoms with Crippen LogP contribution in [0.4, 0.5) is 5.69 Å². The molecule has 2 aliphatic heterocycles. The standard InChI is InChI=1S/C39H55NO8/c1-21(2)22(3)34-35(48-34)37(5,46)32-10-13-39(47)27-18-29(42)28-19-30(43)31(44)20-36(28,4)26(27)9-12-38(32,39)11-8-23-15-24(17-25(41)16-23)40-14-6-7-33(40)45/h15-18,21-22,26,28,30-32,34-35,41,43-44,46-47H,6-14,19-20H2,1-5H3/t22-,26+,28+,30-,31+,32-,34+,35-,36-,37-,38-,39-/m1/s1. The van der Waals surface area contributed by atoms with E-state index in [1.807, 2.05) is 19.9 Å². The molecule has 5 N–H and O–H groups in total. The molecule has 264 valence electrons. The number of aliphatic hydroxyl groups is 4. The molecule has 48 heavy (non-hydrogen) atoms. The molecular formula is C39H55NO8. The number of epoxide rings is 1. The molecule has 3 saturated carbocycles. The zero-order chi connectivity index (χ0) is 34.6. The van der Waals surface area contributed by atoms with Crippen LogP contribution in [0, 0.1) is 40.4 Å². The molecule has 5 fully saturated rings. The summed E-state index contributed by atoms with van der Waals surface area (Å²) in [5.74, 6) is -0.193. The molecule has 1 aromatic rings. The quantitative estimate of drug-likeness (QED) is 0.256. The van der Waals surface area contributed by atoms with Crippen molar-refractivity contribution in [1.82, 2.24) is 0 Å². The van der Waals surface area contributed by atoms with Crippen LogP contribution in [0.1, 0.15) is 98.0 Å². The minimum atomic E-state index is -1.37. The van der Waals surface area contributed by atoms with Crippen molar-refractivity contribution in [1.29, 1.82) is 0 Å². The molecule has 1 amide bonds. The van der Waals surface area contributed by atoms with Gasteiger partial charge in [0.1, 0.15) is 11.9 Å². The van der Waals surface area contributed by atoms with Crippen molar-refractivity contribution in [3.05, 3.63) is 35.4 Å². The number of carbonyl (C=O) groups is 2. The van der Waals surface area contributed by atoms with E-state index in [4.69, 9.17) is 4.74 Å². The summed E-state index contributed by atoms with van der Waals surface area (Å²) >= 11 is 0. The molecule has 2 saturated heterocycles. The van der Waals surface area contributed by atoms with Crippen LogP contribution in [0.3, 0.4) is 0 Å². The van der Waals surface area contributed by atoms with E-state index in [0.29, 0.717) is 69.5 Å². The molecule has 0 spiro atoms. The van der Waals surface area contributed by atoms with Crippen molar-refractivity contribution < 1.29 is 39.9 Å². The monoisotopic (exact) mass is 665 g/mol. The van der Waals surface area contributed by atoms with Crippen molar-refractivity contribution in [2.45, 2.75) is 134 Å². The molecule has 1 aromatic carbocycles. The first-order chi connectivity index (χ1) is 22.5. The molecule has 0 unspecified atom stereocenters. The van der Waals surface area contributed by atoms with Gasteiger partial charge in [0.2, 0.25) is 5.91 Å². The summed E-state index contributed by atoms with van der Waals surface area (Å²) in [7, 11) is 0. The topological polar surface area (TPSA) is 151 Å². The zero-order valence-electron chi connectivity index (χ0n) is 29.2. The van der Waals surface area contributed by atoms with Gasteiger partial charge in [-0.2, -0.15) is 0 Å². The van der Waals surface area contributed by atoms with E-state index in [-0.39, 0.29) is 53.8 Å². The Hall–Kier alpha value is -2.30. The second-order valence-electron chi connectivity index (χ2n) is 17.2. The van der Waals surface area contributed by atoms with Gasteiger partial charge in [0.25, 0.3) is 0 Å². The molecule has 0 radical (unpaired) electrons. The van der Waals surface area contributed by atoms with E-state index in [2.05, 4.69) is 20.8 Å². The number of ether oxygens (including phenoxy) is 1. The maximum absolute atomic E-state index is 13.9. The van der Waals surface area contributed by atoms with E-state index in [0.717, 1.165) is 17.6 Å². The summed E-state index contributed by atoms with van der Waals surface area (Å²) in [6.07, 6.45) is 4.44. The summed E-state index contributed by atoms with van der Waals surface area (Å²) in [6, 6.07) is 5.31. The number of phenolic OH excluding ortho intramolecular Hbond substituents is 1. The minimum Gasteiger partial charge on any atom is -0.508 e. The number of hydrogen-bond acceptors (Lipinski definition) is 8. The van der Waals surface area contributed by atoms with Crippen molar-refractivity contribution in [2.24, 2.45) is 40.4 Å². The summed E-state index contributed by atoms with van der Waals surface area (Å²) in [4.78, 5) is 28.1. The first-order valence-corrected chi connectivity index (χ1v) is 18.4. The number of aliphatic hydroxyl groups excluding tert-OH is 2. The highest BCUT2D eigenvalue weighted by atomic mass is 16.6. The first-order valence-electron chi connectivity index (χ1n) is 18.4. The highest BCUT2D eigenvalue weighted by Crippen LogP contribution is 2.70. The Morgan fingerprint density at radius 1 is 1.06 bits per heavy atom. The fourth-order valence-electron chi connectivity index (χ4n) is 11.4. The lowest BCUT2D eigenvalue weighted by Gasteiger charge is -2.61. The van der Waals surface area contributed by atoms with Gasteiger partial charge in [-0.05, 0) is 123 Å². The van der Waals surface area contributed by atoms with Gasteiger partial charge in [0.05, 0.1) is 29.5 Å². The number of carbonyl (C=O) groups excluding carboxylic acids is 2. The molecule has 2 heterocycles. The summed E-state index contributed by atoms with van der Waals surface area (Å²) in [5.41, 5.74) is -1.73.